The van der Waals surface area contributed by atoms with Crippen LogP contribution < -0.4 is 20.1 Å². The molecule has 0 aliphatic carbocycles. The van der Waals surface area contributed by atoms with Gasteiger partial charge in [0, 0.05) is 38.0 Å². The van der Waals surface area contributed by atoms with E-state index < -0.39 is 0 Å². The molecule has 0 radical (unpaired) electrons. The summed E-state index contributed by atoms with van der Waals surface area (Å²) >= 11 is 0. The highest BCUT2D eigenvalue weighted by Gasteiger charge is 2.19. The zero-order valence-corrected chi connectivity index (χ0v) is 18.4. The summed E-state index contributed by atoms with van der Waals surface area (Å²) in [6.45, 7) is 7.06. The normalized spacial score (nSPS) is 17.5. The molecule has 1 aliphatic rings. The monoisotopic (exact) mass is 411 g/mol. The van der Waals surface area contributed by atoms with Gasteiger partial charge in [-0.05, 0) is 30.2 Å². The summed E-state index contributed by atoms with van der Waals surface area (Å²) in [5.41, 5.74) is 3.46. The van der Waals surface area contributed by atoms with Crippen LogP contribution in [0.4, 0.5) is 0 Å². The van der Waals surface area contributed by atoms with Gasteiger partial charge in [0.05, 0.1) is 20.3 Å². The largest absolute Gasteiger partial charge is 0.496 e. The number of nitrogens with zero attached hydrogens (tertiary/aromatic N) is 1. The number of guanidine groups is 1. The molecule has 1 heterocycles. The van der Waals surface area contributed by atoms with Crippen LogP contribution in [-0.4, -0.2) is 46.0 Å². The van der Waals surface area contributed by atoms with E-state index in [-0.39, 0.29) is 12.0 Å². The molecule has 6 nitrogen and oxygen atoms in total. The number of rotatable bonds is 8. The van der Waals surface area contributed by atoms with E-state index in [2.05, 4.69) is 53.7 Å². The molecule has 6 heteroatoms. The van der Waals surface area contributed by atoms with Crippen LogP contribution >= 0.6 is 0 Å². The summed E-state index contributed by atoms with van der Waals surface area (Å²) in [4.78, 5) is 4.36. The highest BCUT2D eigenvalue weighted by atomic mass is 16.5. The average molecular weight is 412 g/mol. The van der Waals surface area contributed by atoms with Crippen LogP contribution in [0.15, 0.2) is 47.5 Å². The molecule has 3 rings (SSSR count). The maximum absolute atomic E-state index is 6.20. The van der Waals surface area contributed by atoms with Gasteiger partial charge in [-0.15, -0.1) is 0 Å². The molecule has 0 saturated carbocycles. The summed E-state index contributed by atoms with van der Waals surface area (Å²) < 4.78 is 17.1. The summed E-state index contributed by atoms with van der Waals surface area (Å²) in [5.74, 6) is 2.86. The van der Waals surface area contributed by atoms with Crippen molar-refractivity contribution < 1.29 is 14.2 Å². The Kier molecular flexibility index (Phi) is 7.97. The van der Waals surface area contributed by atoms with Gasteiger partial charge < -0.3 is 24.8 Å². The van der Waals surface area contributed by atoms with Crippen molar-refractivity contribution in [2.45, 2.75) is 38.8 Å². The minimum atomic E-state index is 0.129. The third kappa shape index (κ3) is 5.89. The van der Waals surface area contributed by atoms with Crippen LogP contribution in [-0.2, 0) is 11.3 Å². The van der Waals surface area contributed by atoms with E-state index in [9.17, 15) is 0 Å². The van der Waals surface area contributed by atoms with E-state index in [0.29, 0.717) is 13.2 Å². The Labute approximate surface area is 179 Å². The maximum atomic E-state index is 6.20. The molecule has 0 spiro atoms. The molecule has 2 unspecified atom stereocenters. The first-order valence-corrected chi connectivity index (χ1v) is 10.5. The Balaban J connectivity index is 1.57. The highest BCUT2D eigenvalue weighted by molar-refractivity contribution is 5.79. The van der Waals surface area contributed by atoms with Gasteiger partial charge in [-0.2, -0.15) is 0 Å². The Hall–Kier alpha value is -2.73. The number of hydrogen-bond donors (Lipinski definition) is 2. The number of aryl methyl sites for hydroxylation is 1. The van der Waals surface area contributed by atoms with Crippen molar-refractivity contribution in [1.82, 2.24) is 10.6 Å². The van der Waals surface area contributed by atoms with E-state index in [1.54, 1.807) is 14.2 Å². The van der Waals surface area contributed by atoms with E-state index >= 15 is 0 Å². The summed E-state index contributed by atoms with van der Waals surface area (Å²) in [6, 6.07) is 14.4. The van der Waals surface area contributed by atoms with Crippen molar-refractivity contribution >= 4 is 5.96 Å². The predicted molar refractivity (Wildman–Crippen MR) is 121 cm³/mol. The molecule has 1 saturated heterocycles. The van der Waals surface area contributed by atoms with Crippen LogP contribution in [0.1, 0.15) is 36.0 Å². The zero-order valence-electron chi connectivity index (χ0n) is 18.4. The molecule has 2 aromatic carbocycles. The van der Waals surface area contributed by atoms with E-state index in [1.165, 1.54) is 11.1 Å². The quantitative estimate of drug-likeness (QED) is 0.513. The number of nitrogens with one attached hydrogen (secondary N) is 2. The van der Waals surface area contributed by atoms with Crippen LogP contribution in [0.5, 0.6) is 11.5 Å². The smallest absolute Gasteiger partial charge is 0.191 e. The molecule has 0 amide bonds. The minimum Gasteiger partial charge on any atom is -0.496 e. The van der Waals surface area contributed by atoms with Gasteiger partial charge in [0.1, 0.15) is 17.6 Å². The second-order valence-corrected chi connectivity index (χ2v) is 7.66. The molecule has 162 valence electrons. The number of benzene rings is 2. The van der Waals surface area contributed by atoms with Crippen LogP contribution in [0, 0.1) is 6.92 Å². The van der Waals surface area contributed by atoms with E-state index in [4.69, 9.17) is 14.2 Å². The second-order valence-electron chi connectivity index (χ2n) is 7.66. The lowest BCUT2D eigenvalue weighted by Crippen LogP contribution is -2.38. The van der Waals surface area contributed by atoms with E-state index in [1.807, 2.05) is 18.2 Å². The van der Waals surface area contributed by atoms with Crippen LogP contribution in [0.2, 0.25) is 0 Å². The lowest BCUT2D eigenvalue weighted by Gasteiger charge is -2.20. The molecule has 30 heavy (non-hydrogen) atoms. The van der Waals surface area contributed by atoms with Gasteiger partial charge in [-0.1, -0.05) is 37.3 Å². The Bertz CT molecular complexity index is 847. The Morgan fingerprint density at radius 2 is 2.03 bits per heavy atom. The lowest BCUT2D eigenvalue weighted by molar-refractivity contribution is 0.140. The Morgan fingerprint density at radius 1 is 1.20 bits per heavy atom. The molecule has 1 fully saturated rings. The molecule has 2 N–H and O–H groups in total. The van der Waals surface area contributed by atoms with Crippen molar-refractivity contribution in [1.29, 1.82) is 0 Å². The lowest BCUT2D eigenvalue weighted by atomic mass is 10.0. The number of hydrogen-bond acceptors (Lipinski definition) is 4. The number of para-hydroxylation sites is 1. The van der Waals surface area contributed by atoms with Gasteiger partial charge in [-0.3, -0.25) is 4.99 Å². The summed E-state index contributed by atoms with van der Waals surface area (Å²) in [5, 5.41) is 6.82. The zero-order chi connectivity index (χ0) is 21.3. The fourth-order valence-electron chi connectivity index (χ4n) is 3.54. The third-order valence-corrected chi connectivity index (χ3v) is 5.32. The molecule has 1 aliphatic heterocycles. The number of ether oxygens (including phenoxy) is 3. The standard InChI is InChI=1S/C24H33N3O3/c1-17-9-10-19(23(13-17)30-20-11-12-29-16-20)15-27-24(25-3)26-14-18(2)21-7-5-6-8-22(21)28-4/h5-10,13,18,20H,11-12,14-16H2,1-4H3,(H2,25,26,27). The molecule has 2 atom stereocenters. The first kappa shape index (κ1) is 22.0. The van der Waals surface area contributed by atoms with Crippen LogP contribution in [0.3, 0.4) is 0 Å². The topological polar surface area (TPSA) is 64.1 Å². The molecule has 0 aromatic heterocycles. The second kappa shape index (κ2) is 10.9. The van der Waals surface area contributed by atoms with Gasteiger partial charge in [0.25, 0.3) is 0 Å². The van der Waals surface area contributed by atoms with Crippen molar-refractivity contribution in [3.8, 4) is 11.5 Å². The Morgan fingerprint density at radius 3 is 2.77 bits per heavy atom. The van der Waals surface area contributed by atoms with Gasteiger partial charge in [0.2, 0.25) is 0 Å². The first-order valence-electron chi connectivity index (χ1n) is 10.5. The van der Waals surface area contributed by atoms with Crippen molar-refractivity contribution in [2.75, 3.05) is 33.9 Å². The van der Waals surface area contributed by atoms with Crippen molar-refractivity contribution in [2.24, 2.45) is 4.99 Å². The van der Waals surface area contributed by atoms with Crippen molar-refractivity contribution in [3.05, 3.63) is 59.2 Å². The van der Waals surface area contributed by atoms with Crippen molar-refractivity contribution in [3.63, 3.8) is 0 Å². The van der Waals surface area contributed by atoms with Gasteiger partial charge in [0.15, 0.2) is 5.96 Å². The van der Waals surface area contributed by atoms with Gasteiger partial charge in [-0.25, -0.2) is 0 Å². The first-order chi connectivity index (χ1) is 14.6. The molecular weight excluding hydrogens is 378 g/mol. The summed E-state index contributed by atoms with van der Waals surface area (Å²) in [7, 11) is 3.49. The fourth-order valence-corrected chi connectivity index (χ4v) is 3.54. The molecule has 0 bridgehead atoms. The van der Waals surface area contributed by atoms with Gasteiger partial charge >= 0.3 is 0 Å². The molecule has 2 aromatic rings. The molecular formula is C24H33N3O3. The highest BCUT2D eigenvalue weighted by Crippen LogP contribution is 2.26. The summed E-state index contributed by atoms with van der Waals surface area (Å²) in [6.07, 6.45) is 1.06. The number of methoxy groups -OCH3 is 1. The maximum Gasteiger partial charge on any atom is 0.191 e. The average Bonchev–Trinajstić information content (AvgIpc) is 3.28. The SMILES string of the molecule is CN=C(NCc1ccc(C)cc1OC1CCOC1)NCC(C)c1ccccc1OC. The third-order valence-electron chi connectivity index (χ3n) is 5.32. The number of aliphatic imine (C=N–C) groups is 1. The van der Waals surface area contributed by atoms with Crippen LogP contribution in [0.25, 0.3) is 0 Å². The van der Waals surface area contributed by atoms with E-state index in [0.717, 1.165) is 42.6 Å². The fraction of sp³-hybridized carbons (Fsp3) is 0.458. The minimum absolute atomic E-state index is 0.129. The predicted octanol–water partition coefficient (Wildman–Crippen LogP) is 3.64.